The maximum absolute atomic E-state index is 9.47. The van der Waals surface area contributed by atoms with Gasteiger partial charge in [-0.15, -0.1) is 0 Å². The van der Waals surface area contributed by atoms with Gasteiger partial charge in [-0.2, -0.15) is 4.98 Å². The minimum atomic E-state index is -0.0263. The Morgan fingerprint density at radius 1 is 1.04 bits per heavy atom. The van der Waals surface area contributed by atoms with Gasteiger partial charge < -0.3 is 15.3 Å². The lowest BCUT2D eigenvalue weighted by Crippen LogP contribution is -2.18. The summed E-state index contributed by atoms with van der Waals surface area (Å²) in [6, 6.07) is 18.8. The van der Waals surface area contributed by atoms with Crippen molar-refractivity contribution >= 4 is 11.8 Å². The molecule has 1 aromatic heterocycles. The Labute approximate surface area is 159 Å². The number of nitrogens with zero attached hydrogens (tertiary/aromatic N) is 3. The zero-order valence-electron chi connectivity index (χ0n) is 15.5. The van der Waals surface area contributed by atoms with Gasteiger partial charge in [0.2, 0.25) is 5.95 Å². The van der Waals surface area contributed by atoms with Crippen molar-refractivity contribution in [2.24, 2.45) is 0 Å². The van der Waals surface area contributed by atoms with Gasteiger partial charge in [0, 0.05) is 25.9 Å². The summed E-state index contributed by atoms with van der Waals surface area (Å²) in [4.78, 5) is 11.4. The molecule has 2 heterocycles. The average molecular weight is 360 g/mol. The van der Waals surface area contributed by atoms with Gasteiger partial charge in [-0.05, 0) is 36.1 Å². The molecular formula is C22H24N4O. The molecule has 2 N–H and O–H groups in total. The van der Waals surface area contributed by atoms with Crippen molar-refractivity contribution in [3.8, 4) is 0 Å². The highest BCUT2D eigenvalue weighted by Crippen LogP contribution is 2.28. The maximum atomic E-state index is 9.47. The summed E-state index contributed by atoms with van der Waals surface area (Å²) in [6.45, 7) is 3.90. The second-order valence-corrected chi connectivity index (χ2v) is 6.98. The van der Waals surface area contributed by atoms with E-state index in [2.05, 4.69) is 70.7 Å². The minimum Gasteiger partial charge on any atom is -0.396 e. The van der Waals surface area contributed by atoms with Crippen LogP contribution in [0, 0.1) is 6.92 Å². The molecule has 0 amide bonds. The molecule has 1 aliphatic heterocycles. The molecule has 1 atom stereocenters. The molecule has 0 saturated carbocycles. The lowest BCUT2D eigenvalue weighted by molar-refractivity contribution is 0.280. The van der Waals surface area contributed by atoms with Crippen molar-refractivity contribution < 1.29 is 5.11 Å². The van der Waals surface area contributed by atoms with Gasteiger partial charge in [0.15, 0.2) is 0 Å². The first-order chi connectivity index (χ1) is 13.2. The number of hydrogen-bond acceptors (Lipinski definition) is 5. The van der Waals surface area contributed by atoms with Crippen molar-refractivity contribution in [3.05, 3.63) is 83.0 Å². The molecule has 0 aliphatic carbocycles. The summed E-state index contributed by atoms with van der Waals surface area (Å²) < 4.78 is 0. The third kappa shape index (κ3) is 3.93. The number of hydrogen-bond donors (Lipinski definition) is 2. The highest BCUT2D eigenvalue weighted by atomic mass is 16.3. The van der Waals surface area contributed by atoms with Gasteiger partial charge in [-0.1, -0.05) is 54.1 Å². The predicted octanol–water partition coefficient (Wildman–Crippen LogP) is 3.84. The fraction of sp³-hybridized carbons (Fsp3) is 0.273. The van der Waals surface area contributed by atoms with Gasteiger partial charge in [0.1, 0.15) is 5.82 Å². The van der Waals surface area contributed by atoms with Crippen LogP contribution in [0.15, 0.2) is 60.8 Å². The van der Waals surface area contributed by atoms with Gasteiger partial charge >= 0.3 is 0 Å². The summed E-state index contributed by atoms with van der Waals surface area (Å²) in [6.07, 6.45) is 2.39. The molecule has 1 aliphatic rings. The van der Waals surface area contributed by atoms with E-state index < -0.39 is 0 Å². The highest BCUT2D eigenvalue weighted by molar-refractivity contribution is 5.49. The lowest BCUT2D eigenvalue weighted by atomic mass is 10.0. The summed E-state index contributed by atoms with van der Waals surface area (Å²) in [5.74, 6) is 1.50. The number of aromatic nitrogens is 2. The second kappa shape index (κ2) is 7.76. The number of rotatable bonds is 6. The molecule has 27 heavy (non-hydrogen) atoms. The molecular weight excluding hydrogens is 336 g/mol. The Morgan fingerprint density at radius 2 is 1.74 bits per heavy atom. The Morgan fingerprint density at radius 3 is 2.41 bits per heavy atom. The van der Waals surface area contributed by atoms with Crippen molar-refractivity contribution in [2.75, 3.05) is 16.8 Å². The number of aryl methyl sites for hydroxylation is 1. The second-order valence-electron chi connectivity index (χ2n) is 6.98. The number of nitrogens with one attached hydrogen (secondary N) is 1. The standard InChI is InChI=1S/C22H24N4O/c1-16-6-8-17(9-7-16)20(11-13-27)24-22-23-12-10-21(25-22)26-14-18-4-2-3-5-19(18)15-26/h2-10,12,20,27H,11,13-15H2,1H3,(H,23,24,25). The maximum Gasteiger partial charge on any atom is 0.225 e. The first-order valence-electron chi connectivity index (χ1n) is 9.31. The van der Waals surface area contributed by atoms with Crippen molar-refractivity contribution in [3.63, 3.8) is 0 Å². The van der Waals surface area contributed by atoms with Crippen LogP contribution in [-0.2, 0) is 13.1 Å². The fourth-order valence-electron chi connectivity index (χ4n) is 3.50. The summed E-state index contributed by atoms with van der Waals surface area (Å²) in [5, 5.41) is 12.9. The Kier molecular flexibility index (Phi) is 5.03. The van der Waals surface area contributed by atoms with E-state index in [1.165, 1.54) is 16.7 Å². The first kappa shape index (κ1) is 17.5. The van der Waals surface area contributed by atoms with Crippen molar-refractivity contribution in [1.82, 2.24) is 9.97 Å². The SMILES string of the molecule is Cc1ccc(C(CCO)Nc2nccc(N3Cc4ccccc4C3)n2)cc1. The van der Waals surface area contributed by atoms with Crippen LogP contribution in [0.3, 0.4) is 0 Å². The van der Waals surface area contributed by atoms with Crippen molar-refractivity contribution in [2.45, 2.75) is 32.5 Å². The van der Waals surface area contributed by atoms with E-state index in [0.717, 1.165) is 24.5 Å². The average Bonchev–Trinajstić information content (AvgIpc) is 3.13. The number of benzene rings is 2. The molecule has 0 spiro atoms. The Balaban J connectivity index is 1.52. The van der Waals surface area contributed by atoms with E-state index in [4.69, 9.17) is 4.98 Å². The number of fused-ring (bicyclic) bond motifs is 1. The molecule has 0 fully saturated rings. The summed E-state index contributed by atoms with van der Waals surface area (Å²) in [7, 11) is 0. The predicted molar refractivity (Wildman–Crippen MR) is 108 cm³/mol. The highest BCUT2D eigenvalue weighted by Gasteiger charge is 2.20. The molecule has 138 valence electrons. The quantitative estimate of drug-likeness (QED) is 0.699. The number of aliphatic hydroxyl groups is 1. The number of anilines is 2. The van der Waals surface area contributed by atoms with Gasteiger partial charge in [0.05, 0.1) is 6.04 Å². The van der Waals surface area contributed by atoms with E-state index >= 15 is 0 Å². The van der Waals surface area contributed by atoms with E-state index in [1.54, 1.807) is 6.20 Å². The Hall–Kier alpha value is -2.92. The monoisotopic (exact) mass is 360 g/mol. The van der Waals surface area contributed by atoms with E-state index in [-0.39, 0.29) is 12.6 Å². The van der Waals surface area contributed by atoms with E-state index in [9.17, 15) is 5.11 Å². The van der Waals surface area contributed by atoms with Crippen molar-refractivity contribution in [1.29, 1.82) is 0 Å². The molecule has 1 unspecified atom stereocenters. The van der Waals surface area contributed by atoms with Gasteiger partial charge in [-0.3, -0.25) is 0 Å². The van der Waals surface area contributed by atoms with Crippen LogP contribution in [0.1, 0.15) is 34.7 Å². The van der Waals surface area contributed by atoms with E-state index in [0.29, 0.717) is 12.4 Å². The number of aliphatic hydroxyl groups excluding tert-OH is 1. The molecule has 3 aromatic rings. The van der Waals surface area contributed by atoms with Crippen LogP contribution in [0.5, 0.6) is 0 Å². The largest absolute Gasteiger partial charge is 0.396 e. The molecule has 2 aromatic carbocycles. The molecule has 5 nitrogen and oxygen atoms in total. The fourth-order valence-corrected chi connectivity index (χ4v) is 3.50. The first-order valence-corrected chi connectivity index (χ1v) is 9.31. The zero-order chi connectivity index (χ0) is 18.6. The topological polar surface area (TPSA) is 61.3 Å². The Bertz CT molecular complexity index is 885. The van der Waals surface area contributed by atoms with Gasteiger partial charge in [0.25, 0.3) is 0 Å². The minimum absolute atomic E-state index is 0.0263. The van der Waals surface area contributed by atoms with Crippen LogP contribution < -0.4 is 10.2 Å². The molecule has 0 radical (unpaired) electrons. The lowest BCUT2D eigenvalue weighted by Gasteiger charge is -2.21. The van der Waals surface area contributed by atoms with Crippen LogP contribution >= 0.6 is 0 Å². The molecule has 0 bridgehead atoms. The van der Waals surface area contributed by atoms with E-state index in [1.807, 2.05) is 6.07 Å². The van der Waals surface area contributed by atoms with Crippen LogP contribution in [-0.4, -0.2) is 21.7 Å². The normalized spacial score (nSPS) is 14.1. The third-order valence-corrected chi connectivity index (χ3v) is 5.01. The summed E-state index contributed by atoms with van der Waals surface area (Å²) in [5.41, 5.74) is 5.04. The third-order valence-electron chi connectivity index (χ3n) is 5.01. The van der Waals surface area contributed by atoms with Crippen LogP contribution in [0.4, 0.5) is 11.8 Å². The molecule has 0 saturated heterocycles. The summed E-state index contributed by atoms with van der Waals surface area (Å²) >= 11 is 0. The zero-order valence-corrected chi connectivity index (χ0v) is 15.5. The van der Waals surface area contributed by atoms with Crippen LogP contribution in [0.2, 0.25) is 0 Å². The molecule has 4 rings (SSSR count). The van der Waals surface area contributed by atoms with Crippen LogP contribution in [0.25, 0.3) is 0 Å². The molecule has 5 heteroatoms. The smallest absolute Gasteiger partial charge is 0.225 e. The van der Waals surface area contributed by atoms with Gasteiger partial charge in [-0.25, -0.2) is 4.98 Å².